The van der Waals surface area contributed by atoms with Gasteiger partial charge in [-0.25, -0.2) is 17.6 Å². The van der Waals surface area contributed by atoms with Crippen LogP contribution in [0.25, 0.3) is 10.8 Å². The third kappa shape index (κ3) is 3.28. The fourth-order valence-corrected chi connectivity index (χ4v) is 3.94. The zero-order valence-corrected chi connectivity index (χ0v) is 16.3. The lowest BCUT2D eigenvalue weighted by molar-refractivity contribution is -0.0124. The Morgan fingerprint density at radius 1 is 1.27 bits per heavy atom. The molecule has 0 radical (unpaired) electrons. The molecule has 2 aromatic heterocycles. The highest BCUT2D eigenvalue weighted by Gasteiger charge is 2.36. The van der Waals surface area contributed by atoms with Gasteiger partial charge in [-0.1, -0.05) is 6.07 Å². The molecule has 3 aromatic rings. The van der Waals surface area contributed by atoms with E-state index >= 15 is 0 Å². The summed E-state index contributed by atoms with van der Waals surface area (Å²) in [5, 5.41) is -0.229. The molecule has 30 heavy (non-hydrogen) atoms. The largest absolute Gasteiger partial charge is 0.354 e. The third-order valence-electron chi connectivity index (χ3n) is 5.76. The Hall–Kier alpha value is -3.10. The van der Waals surface area contributed by atoms with Crippen molar-refractivity contribution in [2.45, 2.75) is 38.2 Å². The number of hydrogen-bond donors (Lipinski definition) is 2. The lowest BCUT2D eigenvalue weighted by Crippen LogP contribution is -2.30. The van der Waals surface area contributed by atoms with Crippen molar-refractivity contribution >= 4 is 16.7 Å². The summed E-state index contributed by atoms with van der Waals surface area (Å²) in [7, 11) is 1.51. The van der Waals surface area contributed by atoms with Crippen LogP contribution < -0.4 is 5.56 Å². The van der Waals surface area contributed by atoms with Crippen molar-refractivity contribution in [1.82, 2.24) is 14.9 Å². The molecular formula is C21H19F4N3O2. The molecule has 1 aliphatic rings. The number of nitrogens with zero attached hydrogens (tertiary/aromatic N) is 1. The monoisotopic (exact) mass is 421 g/mol. The van der Waals surface area contributed by atoms with Crippen molar-refractivity contribution in [2.75, 3.05) is 7.05 Å². The van der Waals surface area contributed by atoms with Crippen molar-refractivity contribution in [2.24, 2.45) is 0 Å². The lowest BCUT2D eigenvalue weighted by Gasteiger charge is -2.26. The molecule has 0 spiro atoms. The van der Waals surface area contributed by atoms with Gasteiger partial charge in [-0.15, -0.1) is 0 Å². The highest BCUT2D eigenvalue weighted by Crippen LogP contribution is 2.34. The second kappa shape index (κ2) is 7.00. The molecule has 1 aromatic carbocycles. The van der Waals surface area contributed by atoms with Crippen molar-refractivity contribution in [3.8, 4) is 0 Å². The second-order valence-electron chi connectivity index (χ2n) is 7.67. The Bertz CT molecular complexity index is 1210. The lowest BCUT2D eigenvalue weighted by atomic mass is 9.94. The van der Waals surface area contributed by atoms with Gasteiger partial charge in [-0.05, 0) is 42.0 Å². The van der Waals surface area contributed by atoms with E-state index in [1.807, 2.05) is 0 Å². The number of aromatic nitrogens is 2. The molecule has 1 aliphatic carbocycles. The number of amides is 1. The molecule has 1 amide bonds. The second-order valence-corrected chi connectivity index (χ2v) is 7.67. The van der Waals surface area contributed by atoms with Crippen LogP contribution in [0.2, 0.25) is 0 Å². The SMILES string of the molecule is C[C@H](c1c[nH]c(=O)c2c(F)c(F)ccc12)N(C)C(=O)c1cc2c([nH]1)CCC(F)(F)C2. The van der Waals surface area contributed by atoms with E-state index in [0.29, 0.717) is 16.8 Å². The first-order valence-corrected chi connectivity index (χ1v) is 9.44. The normalized spacial score (nSPS) is 16.3. The summed E-state index contributed by atoms with van der Waals surface area (Å²) in [5.41, 5.74) is 0.866. The maximum Gasteiger partial charge on any atom is 0.270 e. The van der Waals surface area contributed by atoms with Crippen LogP contribution in [0.5, 0.6) is 0 Å². The van der Waals surface area contributed by atoms with Gasteiger partial charge in [0.2, 0.25) is 0 Å². The van der Waals surface area contributed by atoms with Gasteiger partial charge in [-0.3, -0.25) is 9.59 Å². The highest BCUT2D eigenvalue weighted by molar-refractivity contribution is 5.94. The zero-order chi connectivity index (χ0) is 21.8. The van der Waals surface area contributed by atoms with Crippen molar-refractivity contribution < 1.29 is 22.4 Å². The molecule has 5 nitrogen and oxygen atoms in total. The number of aromatic amines is 2. The number of carbonyl (C=O) groups is 1. The van der Waals surface area contributed by atoms with Crippen LogP contribution in [-0.2, 0) is 12.8 Å². The molecule has 9 heteroatoms. The summed E-state index contributed by atoms with van der Waals surface area (Å²) in [4.78, 5) is 31.6. The number of rotatable bonds is 3. The Morgan fingerprint density at radius 3 is 2.73 bits per heavy atom. The van der Waals surface area contributed by atoms with E-state index in [0.717, 1.165) is 6.07 Å². The number of hydrogen-bond acceptors (Lipinski definition) is 2. The topological polar surface area (TPSA) is 69.0 Å². The Morgan fingerprint density at radius 2 is 2.00 bits per heavy atom. The van der Waals surface area contributed by atoms with E-state index in [1.54, 1.807) is 6.92 Å². The molecule has 0 bridgehead atoms. The smallest absolute Gasteiger partial charge is 0.270 e. The summed E-state index contributed by atoms with van der Waals surface area (Å²) in [5.74, 6) is -5.63. The van der Waals surface area contributed by atoms with E-state index in [-0.39, 0.29) is 23.9 Å². The quantitative estimate of drug-likeness (QED) is 0.626. The number of aryl methyl sites for hydroxylation is 1. The first-order valence-electron chi connectivity index (χ1n) is 9.44. The van der Waals surface area contributed by atoms with Crippen LogP contribution in [0.3, 0.4) is 0 Å². The molecule has 0 saturated carbocycles. The first-order chi connectivity index (χ1) is 14.1. The van der Waals surface area contributed by atoms with E-state index in [4.69, 9.17) is 0 Å². The van der Waals surface area contributed by atoms with Gasteiger partial charge < -0.3 is 14.9 Å². The van der Waals surface area contributed by atoms with Crippen molar-refractivity contribution in [1.29, 1.82) is 0 Å². The fourth-order valence-electron chi connectivity index (χ4n) is 3.94. The van der Waals surface area contributed by atoms with E-state index in [2.05, 4.69) is 9.97 Å². The van der Waals surface area contributed by atoms with Gasteiger partial charge in [0, 0.05) is 31.8 Å². The number of H-pyrrole nitrogens is 2. The Labute approximate surface area is 168 Å². The average molecular weight is 421 g/mol. The van der Waals surface area contributed by atoms with Crippen molar-refractivity contribution in [3.05, 3.63) is 68.9 Å². The minimum atomic E-state index is -2.79. The fraction of sp³-hybridized carbons (Fsp3) is 0.333. The molecule has 2 N–H and O–H groups in total. The van der Waals surface area contributed by atoms with Gasteiger partial charge in [0.05, 0.1) is 11.4 Å². The minimum absolute atomic E-state index is 0.157. The molecule has 0 aliphatic heterocycles. The Kier molecular flexibility index (Phi) is 4.71. The van der Waals surface area contributed by atoms with Crippen molar-refractivity contribution in [3.63, 3.8) is 0 Å². The van der Waals surface area contributed by atoms with Gasteiger partial charge in [0.25, 0.3) is 17.4 Å². The molecule has 0 unspecified atom stereocenters. The molecule has 2 heterocycles. The number of pyridine rings is 1. The van der Waals surface area contributed by atoms with Gasteiger partial charge in [-0.2, -0.15) is 0 Å². The van der Waals surface area contributed by atoms with Crippen LogP contribution in [0.15, 0.2) is 29.2 Å². The van der Waals surface area contributed by atoms with Crippen LogP contribution in [0, 0.1) is 11.6 Å². The van der Waals surface area contributed by atoms with Crippen LogP contribution in [0.1, 0.15) is 46.7 Å². The van der Waals surface area contributed by atoms with E-state index < -0.39 is 46.9 Å². The maximum atomic E-state index is 14.2. The summed E-state index contributed by atoms with van der Waals surface area (Å²) in [6.07, 6.45) is 0.827. The van der Waals surface area contributed by atoms with E-state index in [1.165, 1.54) is 30.3 Å². The number of carbonyl (C=O) groups excluding carboxylic acids is 1. The molecule has 1 atom stereocenters. The summed E-state index contributed by atoms with van der Waals surface area (Å²) >= 11 is 0. The predicted octanol–water partition coefficient (Wildman–Crippen LogP) is 4.09. The highest BCUT2D eigenvalue weighted by atomic mass is 19.3. The van der Waals surface area contributed by atoms with E-state index in [9.17, 15) is 27.2 Å². The number of halogens is 4. The standard InChI is InChI=1S/C21H19F4N3O2/c1-10(13-9-26-19(29)17-12(13)3-4-14(22)18(17)23)28(2)20(30)16-7-11-8-21(24,25)6-5-15(11)27-16/h3-4,7,9-10,27H,5-6,8H2,1-2H3,(H,26,29)/t10-/m1/s1. The molecule has 0 fully saturated rings. The van der Waals surface area contributed by atoms with Gasteiger partial charge in [0.15, 0.2) is 11.6 Å². The molecule has 158 valence electrons. The molecule has 0 saturated heterocycles. The minimum Gasteiger partial charge on any atom is -0.354 e. The summed E-state index contributed by atoms with van der Waals surface area (Å²) < 4.78 is 55.1. The van der Waals surface area contributed by atoms with Crippen LogP contribution >= 0.6 is 0 Å². The summed E-state index contributed by atoms with van der Waals surface area (Å²) in [6, 6.07) is 3.04. The number of nitrogens with one attached hydrogen (secondary N) is 2. The number of fused-ring (bicyclic) bond motifs is 2. The summed E-state index contributed by atoms with van der Waals surface area (Å²) in [6.45, 7) is 1.67. The van der Waals surface area contributed by atoms with Crippen LogP contribution in [0.4, 0.5) is 17.6 Å². The zero-order valence-electron chi connectivity index (χ0n) is 16.3. The average Bonchev–Trinajstić information content (AvgIpc) is 3.11. The Balaban J connectivity index is 1.68. The molecular weight excluding hydrogens is 402 g/mol. The molecule has 4 rings (SSSR count). The predicted molar refractivity (Wildman–Crippen MR) is 103 cm³/mol. The number of benzene rings is 1. The van der Waals surface area contributed by atoms with Crippen LogP contribution in [-0.4, -0.2) is 33.7 Å². The first kappa shape index (κ1) is 20.2. The van der Waals surface area contributed by atoms with Gasteiger partial charge in [0.1, 0.15) is 5.69 Å². The maximum absolute atomic E-state index is 14.2. The number of alkyl halides is 2. The van der Waals surface area contributed by atoms with Gasteiger partial charge >= 0.3 is 0 Å². The third-order valence-corrected chi connectivity index (χ3v) is 5.76.